The molecule has 2 aromatic rings. The smallest absolute Gasteiger partial charge is 0.419 e. The van der Waals surface area contributed by atoms with Gasteiger partial charge in [0.1, 0.15) is 16.5 Å². The van der Waals surface area contributed by atoms with E-state index < -0.39 is 43.9 Å². The molecule has 0 fully saturated rings. The van der Waals surface area contributed by atoms with Crippen LogP contribution in [0.1, 0.15) is 15.9 Å². The van der Waals surface area contributed by atoms with E-state index in [9.17, 15) is 30.8 Å². The van der Waals surface area contributed by atoms with E-state index in [-0.39, 0.29) is 11.4 Å². The van der Waals surface area contributed by atoms with E-state index in [0.29, 0.717) is 12.1 Å². The van der Waals surface area contributed by atoms with Gasteiger partial charge in [0.05, 0.1) is 12.7 Å². The molecule has 0 radical (unpaired) electrons. The van der Waals surface area contributed by atoms with E-state index in [1.54, 1.807) is 0 Å². The molecular weight excluding hydrogens is 380 g/mol. The molecule has 0 aliphatic rings. The number of carbonyl (C=O) groups is 1. The molecule has 6 nitrogen and oxygen atoms in total. The number of amides is 1. The van der Waals surface area contributed by atoms with Crippen LogP contribution in [0.4, 0.5) is 23.2 Å². The lowest BCUT2D eigenvalue weighted by atomic mass is 10.1. The number of alkyl halides is 3. The van der Waals surface area contributed by atoms with Crippen molar-refractivity contribution < 1.29 is 35.5 Å². The molecule has 0 saturated carbocycles. The zero-order chi connectivity index (χ0) is 19.7. The molecule has 26 heavy (non-hydrogen) atoms. The molecule has 0 aliphatic carbocycles. The SMILES string of the molecule is COc1ccc(NC(=O)c2ccc(F)c(C(F)(F)F)c2)cc1S(N)(=O)=O. The monoisotopic (exact) mass is 392 g/mol. The fourth-order valence-electron chi connectivity index (χ4n) is 2.06. The highest BCUT2D eigenvalue weighted by Gasteiger charge is 2.34. The van der Waals surface area contributed by atoms with Gasteiger partial charge in [0.15, 0.2) is 0 Å². The second-order valence-corrected chi connectivity index (χ2v) is 6.59. The molecule has 2 rings (SSSR count). The summed E-state index contributed by atoms with van der Waals surface area (Å²) in [6, 6.07) is 5.20. The third-order valence-electron chi connectivity index (χ3n) is 3.26. The minimum absolute atomic E-state index is 0.0577. The number of rotatable bonds is 4. The molecule has 140 valence electrons. The van der Waals surface area contributed by atoms with Crippen LogP contribution in [0.15, 0.2) is 41.3 Å². The predicted molar refractivity (Wildman–Crippen MR) is 83.7 cm³/mol. The summed E-state index contributed by atoms with van der Waals surface area (Å²) < 4.78 is 79.3. The zero-order valence-corrected chi connectivity index (χ0v) is 13.9. The number of nitrogens with one attached hydrogen (secondary N) is 1. The second-order valence-electron chi connectivity index (χ2n) is 5.06. The van der Waals surface area contributed by atoms with Gasteiger partial charge in [-0.25, -0.2) is 17.9 Å². The molecular formula is C15H12F4N2O4S. The van der Waals surface area contributed by atoms with Crippen LogP contribution < -0.4 is 15.2 Å². The topological polar surface area (TPSA) is 98.5 Å². The highest BCUT2D eigenvalue weighted by molar-refractivity contribution is 7.89. The van der Waals surface area contributed by atoms with Gasteiger partial charge in [0.25, 0.3) is 5.91 Å². The molecule has 0 aromatic heterocycles. The number of sulfonamides is 1. The molecule has 0 saturated heterocycles. The first kappa shape index (κ1) is 19.7. The number of nitrogens with two attached hydrogens (primary N) is 1. The Balaban J connectivity index is 2.37. The maximum absolute atomic E-state index is 13.3. The summed E-state index contributed by atoms with van der Waals surface area (Å²) in [6.45, 7) is 0. The summed E-state index contributed by atoms with van der Waals surface area (Å²) in [6.07, 6.45) is -4.97. The van der Waals surface area contributed by atoms with Gasteiger partial charge in [-0.05, 0) is 36.4 Å². The van der Waals surface area contributed by atoms with Crippen LogP contribution in [-0.2, 0) is 16.2 Å². The zero-order valence-electron chi connectivity index (χ0n) is 13.1. The Morgan fingerprint density at radius 1 is 1.15 bits per heavy atom. The molecule has 0 heterocycles. The van der Waals surface area contributed by atoms with Gasteiger partial charge in [0, 0.05) is 11.3 Å². The predicted octanol–water partition coefficient (Wildman–Crippen LogP) is 2.75. The van der Waals surface area contributed by atoms with Crippen LogP contribution in [-0.4, -0.2) is 21.4 Å². The number of hydrogen-bond donors (Lipinski definition) is 2. The lowest BCUT2D eigenvalue weighted by Gasteiger charge is -2.12. The first-order valence-electron chi connectivity index (χ1n) is 6.82. The number of carbonyl (C=O) groups excluding carboxylic acids is 1. The van der Waals surface area contributed by atoms with Crippen LogP contribution in [0.5, 0.6) is 5.75 Å². The molecule has 2 aromatic carbocycles. The van der Waals surface area contributed by atoms with Crippen LogP contribution in [0, 0.1) is 5.82 Å². The van der Waals surface area contributed by atoms with Gasteiger partial charge < -0.3 is 10.1 Å². The molecule has 0 spiro atoms. The minimum atomic E-state index is -4.97. The van der Waals surface area contributed by atoms with E-state index in [1.807, 2.05) is 0 Å². The first-order chi connectivity index (χ1) is 11.9. The second kappa shape index (κ2) is 6.92. The first-order valence-corrected chi connectivity index (χ1v) is 8.37. The molecule has 0 unspecified atom stereocenters. The van der Waals surface area contributed by atoms with E-state index in [1.165, 1.54) is 19.2 Å². The highest BCUT2D eigenvalue weighted by atomic mass is 32.2. The van der Waals surface area contributed by atoms with Crippen molar-refractivity contribution in [2.24, 2.45) is 5.14 Å². The number of anilines is 1. The summed E-state index contributed by atoms with van der Waals surface area (Å²) in [5, 5.41) is 7.26. The Labute approximate surface area is 145 Å². The van der Waals surface area contributed by atoms with Crippen molar-refractivity contribution >= 4 is 21.6 Å². The molecule has 3 N–H and O–H groups in total. The number of halogens is 4. The molecule has 0 atom stereocenters. The molecule has 0 aliphatic heterocycles. The van der Waals surface area contributed by atoms with Crippen LogP contribution >= 0.6 is 0 Å². The summed E-state index contributed by atoms with van der Waals surface area (Å²) in [5.74, 6) is -2.59. The highest BCUT2D eigenvalue weighted by Crippen LogP contribution is 2.32. The van der Waals surface area contributed by atoms with Gasteiger partial charge in [-0.3, -0.25) is 4.79 Å². The van der Waals surface area contributed by atoms with Crippen molar-refractivity contribution in [2.75, 3.05) is 12.4 Å². The van der Waals surface area contributed by atoms with Crippen LogP contribution in [0.25, 0.3) is 0 Å². The minimum Gasteiger partial charge on any atom is -0.495 e. The maximum Gasteiger partial charge on any atom is 0.419 e. The summed E-state index contributed by atoms with van der Waals surface area (Å²) in [5.41, 5.74) is -2.12. The quantitative estimate of drug-likeness (QED) is 0.782. The van der Waals surface area contributed by atoms with Gasteiger partial charge >= 0.3 is 6.18 Å². The normalized spacial score (nSPS) is 11.9. The van der Waals surface area contributed by atoms with E-state index in [0.717, 1.165) is 12.1 Å². The third-order valence-corrected chi connectivity index (χ3v) is 4.19. The Kier molecular flexibility index (Phi) is 5.23. The maximum atomic E-state index is 13.3. The molecule has 11 heteroatoms. The Hall–Kier alpha value is -2.66. The van der Waals surface area contributed by atoms with Crippen LogP contribution in [0.3, 0.4) is 0 Å². The van der Waals surface area contributed by atoms with E-state index in [4.69, 9.17) is 9.88 Å². The largest absolute Gasteiger partial charge is 0.495 e. The van der Waals surface area contributed by atoms with Crippen molar-refractivity contribution in [1.29, 1.82) is 0 Å². The van der Waals surface area contributed by atoms with E-state index >= 15 is 0 Å². The van der Waals surface area contributed by atoms with Crippen molar-refractivity contribution in [1.82, 2.24) is 0 Å². The Morgan fingerprint density at radius 2 is 1.81 bits per heavy atom. The Bertz CT molecular complexity index is 959. The lowest BCUT2D eigenvalue weighted by Crippen LogP contribution is -2.17. The number of primary sulfonamides is 1. The van der Waals surface area contributed by atoms with Gasteiger partial charge in [-0.15, -0.1) is 0 Å². The molecule has 1 amide bonds. The Morgan fingerprint density at radius 3 is 2.35 bits per heavy atom. The summed E-state index contributed by atoms with van der Waals surface area (Å²) in [7, 11) is -2.97. The van der Waals surface area contributed by atoms with Crippen LogP contribution in [0.2, 0.25) is 0 Å². The van der Waals surface area contributed by atoms with Crippen molar-refractivity contribution in [3.05, 3.63) is 53.3 Å². The number of ether oxygens (including phenoxy) is 1. The number of hydrogen-bond acceptors (Lipinski definition) is 4. The fourth-order valence-corrected chi connectivity index (χ4v) is 2.79. The standard InChI is InChI=1S/C15H12F4N2O4S/c1-25-12-5-3-9(7-13(12)26(20,23)24)21-14(22)8-2-4-11(16)10(6-8)15(17,18)19/h2-7H,1H3,(H,21,22)(H2,20,23,24). The molecule has 0 bridgehead atoms. The average molecular weight is 392 g/mol. The average Bonchev–Trinajstić information content (AvgIpc) is 2.53. The third kappa shape index (κ3) is 4.29. The number of methoxy groups -OCH3 is 1. The van der Waals surface area contributed by atoms with Crippen molar-refractivity contribution in [3.8, 4) is 5.75 Å². The van der Waals surface area contributed by atoms with Crippen molar-refractivity contribution in [2.45, 2.75) is 11.1 Å². The number of benzene rings is 2. The van der Waals surface area contributed by atoms with Gasteiger partial charge in [0.2, 0.25) is 10.0 Å². The van der Waals surface area contributed by atoms with Crippen molar-refractivity contribution in [3.63, 3.8) is 0 Å². The van der Waals surface area contributed by atoms with E-state index in [2.05, 4.69) is 5.32 Å². The van der Waals surface area contributed by atoms with Gasteiger partial charge in [-0.2, -0.15) is 13.2 Å². The van der Waals surface area contributed by atoms with Gasteiger partial charge in [-0.1, -0.05) is 0 Å². The summed E-state index contributed by atoms with van der Waals surface area (Å²) in [4.78, 5) is 11.7. The lowest BCUT2D eigenvalue weighted by molar-refractivity contribution is -0.140. The summed E-state index contributed by atoms with van der Waals surface area (Å²) >= 11 is 0. The fraction of sp³-hybridized carbons (Fsp3) is 0.133.